The van der Waals surface area contributed by atoms with Crippen LogP contribution in [-0.4, -0.2) is 42.7 Å². The Labute approximate surface area is 125 Å². The Hall–Kier alpha value is -1.75. The molecule has 1 aliphatic heterocycles. The third-order valence-electron chi connectivity index (χ3n) is 3.75. The molecule has 0 bridgehead atoms. The van der Waals surface area contributed by atoms with E-state index >= 15 is 0 Å². The molecule has 116 valence electrons. The van der Waals surface area contributed by atoms with Gasteiger partial charge in [0.2, 0.25) is 0 Å². The zero-order chi connectivity index (χ0) is 15.1. The van der Waals surface area contributed by atoms with Gasteiger partial charge in [-0.3, -0.25) is 4.79 Å². The number of nitrogens with zero attached hydrogens (tertiary/aromatic N) is 1. The molecule has 0 atom stereocenters. The fraction of sp³-hybridized carbons (Fsp3) is 0.562. The lowest BCUT2D eigenvalue weighted by atomic mass is 10.2. The smallest absolute Gasteiger partial charge is 0.260 e. The van der Waals surface area contributed by atoms with Crippen LogP contribution in [0.15, 0.2) is 18.2 Å². The molecule has 5 heteroatoms. The molecule has 1 fully saturated rings. The summed E-state index contributed by atoms with van der Waals surface area (Å²) in [6.45, 7) is 1.50. The number of aliphatic hydroxyl groups excluding tert-OH is 1. The number of hydrogen-bond acceptors (Lipinski definition) is 4. The summed E-state index contributed by atoms with van der Waals surface area (Å²) in [6, 6.07) is 5.19. The van der Waals surface area contributed by atoms with Gasteiger partial charge in [0.15, 0.2) is 6.61 Å². The van der Waals surface area contributed by atoms with Crippen molar-refractivity contribution in [2.45, 2.75) is 32.3 Å². The van der Waals surface area contributed by atoms with E-state index in [9.17, 15) is 9.90 Å². The molecule has 0 aromatic heterocycles. The maximum atomic E-state index is 12.2. The van der Waals surface area contributed by atoms with Crippen molar-refractivity contribution in [3.63, 3.8) is 0 Å². The first-order chi connectivity index (χ1) is 10.2. The number of ether oxygens (including phenoxy) is 2. The second-order valence-electron chi connectivity index (χ2n) is 5.22. The summed E-state index contributed by atoms with van der Waals surface area (Å²) in [5.41, 5.74) is 0.623. The van der Waals surface area contributed by atoms with Gasteiger partial charge in [-0.1, -0.05) is 12.8 Å². The normalized spacial score (nSPS) is 15.4. The number of benzene rings is 1. The molecular formula is C16H23NO4. The molecule has 5 nitrogen and oxygen atoms in total. The number of hydrogen-bond donors (Lipinski definition) is 1. The van der Waals surface area contributed by atoms with Crippen LogP contribution >= 0.6 is 0 Å². The average Bonchev–Trinajstić information content (AvgIpc) is 2.81. The average molecular weight is 293 g/mol. The molecule has 1 amide bonds. The van der Waals surface area contributed by atoms with Gasteiger partial charge in [-0.25, -0.2) is 0 Å². The Kier molecular flexibility index (Phi) is 5.87. The highest BCUT2D eigenvalue weighted by molar-refractivity contribution is 5.77. The molecule has 2 rings (SSSR count). The van der Waals surface area contributed by atoms with Crippen molar-refractivity contribution in [1.82, 2.24) is 4.90 Å². The fourth-order valence-corrected chi connectivity index (χ4v) is 2.50. The molecule has 0 radical (unpaired) electrons. The van der Waals surface area contributed by atoms with Crippen LogP contribution < -0.4 is 9.47 Å². The first kappa shape index (κ1) is 15.6. The van der Waals surface area contributed by atoms with Gasteiger partial charge in [-0.05, 0) is 31.0 Å². The van der Waals surface area contributed by atoms with Crippen molar-refractivity contribution in [2.75, 3.05) is 26.8 Å². The Morgan fingerprint density at radius 3 is 2.57 bits per heavy atom. The van der Waals surface area contributed by atoms with E-state index in [0.29, 0.717) is 17.1 Å². The first-order valence-corrected chi connectivity index (χ1v) is 7.43. The summed E-state index contributed by atoms with van der Waals surface area (Å²) in [4.78, 5) is 14.0. The van der Waals surface area contributed by atoms with Crippen LogP contribution in [0.1, 0.15) is 31.2 Å². The second kappa shape index (κ2) is 7.88. The quantitative estimate of drug-likeness (QED) is 0.901. The molecule has 1 N–H and O–H groups in total. The second-order valence-corrected chi connectivity index (χ2v) is 5.22. The zero-order valence-corrected chi connectivity index (χ0v) is 12.5. The minimum atomic E-state index is -0.148. The van der Waals surface area contributed by atoms with Gasteiger partial charge in [0.25, 0.3) is 5.91 Å². The highest BCUT2D eigenvalue weighted by atomic mass is 16.5. The van der Waals surface area contributed by atoms with E-state index in [-0.39, 0.29) is 19.1 Å². The van der Waals surface area contributed by atoms with E-state index in [4.69, 9.17) is 9.47 Å². The molecule has 1 aliphatic rings. The third kappa shape index (κ3) is 4.36. The van der Waals surface area contributed by atoms with Crippen molar-refractivity contribution in [3.8, 4) is 11.5 Å². The van der Waals surface area contributed by atoms with Gasteiger partial charge in [-0.15, -0.1) is 0 Å². The lowest BCUT2D eigenvalue weighted by Crippen LogP contribution is -2.35. The molecule has 1 aromatic rings. The van der Waals surface area contributed by atoms with Crippen LogP contribution in [0.2, 0.25) is 0 Å². The maximum absolute atomic E-state index is 12.2. The van der Waals surface area contributed by atoms with Gasteiger partial charge in [0.1, 0.15) is 11.5 Å². The zero-order valence-electron chi connectivity index (χ0n) is 12.5. The van der Waals surface area contributed by atoms with Crippen molar-refractivity contribution in [1.29, 1.82) is 0 Å². The van der Waals surface area contributed by atoms with Crippen molar-refractivity contribution in [2.24, 2.45) is 0 Å². The van der Waals surface area contributed by atoms with Crippen LogP contribution in [0.4, 0.5) is 0 Å². The lowest BCUT2D eigenvalue weighted by Gasteiger charge is -2.20. The van der Waals surface area contributed by atoms with Crippen LogP contribution in [0.5, 0.6) is 11.5 Å². The first-order valence-electron chi connectivity index (χ1n) is 7.43. The third-order valence-corrected chi connectivity index (χ3v) is 3.75. The molecule has 1 aromatic carbocycles. The van der Waals surface area contributed by atoms with E-state index < -0.39 is 0 Å². The van der Waals surface area contributed by atoms with E-state index in [0.717, 1.165) is 25.9 Å². The van der Waals surface area contributed by atoms with Crippen molar-refractivity contribution in [3.05, 3.63) is 23.8 Å². The van der Waals surface area contributed by atoms with Crippen LogP contribution in [0.3, 0.4) is 0 Å². The van der Waals surface area contributed by atoms with E-state index in [1.807, 2.05) is 4.90 Å². The molecule has 1 heterocycles. The monoisotopic (exact) mass is 293 g/mol. The number of likely N-dealkylation sites (tertiary alicyclic amines) is 1. The van der Waals surface area contributed by atoms with Gasteiger partial charge in [0.05, 0.1) is 13.7 Å². The number of aliphatic hydroxyl groups is 1. The summed E-state index contributed by atoms with van der Waals surface area (Å²) >= 11 is 0. The predicted octanol–water partition coefficient (Wildman–Crippen LogP) is 1.97. The van der Waals surface area contributed by atoms with E-state index in [2.05, 4.69) is 0 Å². The molecule has 0 aliphatic carbocycles. The highest BCUT2D eigenvalue weighted by Gasteiger charge is 2.16. The van der Waals surface area contributed by atoms with Crippen LogP contribution in [0, 0.1) is 0 Å². The Morgan fingerprint density at radius 2 is 1.95 bits per heavy atom. The number of amides is 1. The standard InChI is InChI=1S/C16H23NO4/c1-20-14-6-7-15(13(10-14)11-18)21-12-16(19)17-8-4-2-3-5-9-17/h6-7,10,18H,2-5,8-9,11-12H2,1H3. The molecule has 0 unspecified atom stereocenters. The summed E-state index contributed by atoms with van der Waals surface area (Å²) in [5.74, 6) is 1.20. The predicted molar refractivity (Wildman–Crippen MR) is 79.5 cm³/mol. The largest absolute Gasteiger partial charge is 0.497 e. The number of carbonyl (C=O) groups excluding carboxylic acids is 1. The van der Waals surface area contributed by atoms with Crippen molar-refractivity contribution < 1.29 is 19.4 Å². The Balaban J connectivity index is 1.94. The van der Waals surface area contributed by atoms with Crippen molar-refractivity contribution >= 4 is 5.91 Å². The SMILES string of the molecule is COc1ccc(OCC(=O)N2CCCCCC2)c(CO)c1. The summed E-state index contributed by atoms with van der Waals surface area (Å²) in [6.07, 6.45) is 4.52. The summed E-state index contributed by atoms with van der Waals surface area (Å²) < 4.78 is 10.7. The fourth-order valence-electron chi connectivity index (χ4n) is 2.50. The maximum Gasteiger partial charge on any atom is 0.260 e. The minimum Gasteiger partial charge on any atom is -0.497 e. The number of carbonyl (C=O) groups is 1. The molecule has 0 spiro atoms. The van der Waals surface area contributed by atoms with Crippen LogP contribution in [0.25, 0.3) is 0 Å². The minimum absolute atomic E-state index is 0.0107. The molecule has 21 heavy (non-hydrogen) atoms. The Bertz CT molecular complexity index is 467. The number of rotatable bonds is 5. The van der Waals surface area contributed by atoms with E-state index in [1.165, 1.54) is 12.8 Å². The van der Waals surface area contributed by atoms with Crippen LogP contribution in [-0.2, 0) is 11.4 Å². The molecule has 0 saturated carbocycles. The van der Waals surface area contributed by atoms with Gasteiger partial charge in [-0.2, -0.15) is 0 Å². The van der Waals surface area contributed by atoms with Gasteiger partial charge < -0.3 is 19.5 Å². The molecular weight excluding hydrogens is 270 g/mol. The van der Waals surface area contributed by atoms with Gasteiger partial charge in [0, 0.05) is 18.7 Å². The lowest BCUT2D eigenvalue weighted by molar-refractivity contribution is -0.133. The highest BCUT2D eigenvalue weighted by Crippen LogP contribution is 2.24. The van der Waals surface area contributed by atoms with Gasteiger partial charge >= 0.3 is 0 Å². The number of methoxy groups -OCH3 is 1. The Morgan fingerprint density at radius 1 is 1.24 bits per heavy atom. The topological polar surface area (TPSA) is 59.0 Å². The molecule has 1 saturated heterocycles. The summed E-state index contributed by atoms with van der Waals surface area (Å²) in [7, 11) is 1.57. The summed E-state index contributed by atoms with van der Waals surface area (Å²) in [5, 5.41) is 9.36. The van der Waals surface area contributed by atoms with E-state index in [1.54, 1.807) is 25.3 Å².